The van der Waals surface area contributed by atoms with Crippen LogP contribution in [-0.2, 0) is 0 Å². The third-order valence-corrected chi connectivity index (χ3v) is 11.5. The summed E-state index contributed by atoms with van der Waals surface area (Å²) in [4.78, 5) is 0. The van der Waals surface area contributed by atoms with Gasteiger partial charge in [0.1, 0.15) is 0 Å². The molecule has 23 heavy (non-hydrogen) atoms. The maximum absolute atomic E-state index is 2.44. The second kappa shape index (κ2) is 17.3. The molecule has 0 spiro atoms. The molecule has 0 saturated heterocycles. The number of unbranched alkanes of at least 4 members (excludes halogenated alkanes) is 10. The molecule has 0 aromatic heterocycles. The fourth-order valence-corrected chi connectivity index (χ4v) is 9.88. The van der Waals surface area contributed by atoms with Crippen LogP contribution in [0, 0.1) is 0 Å². The Labute approximate surface area is 149 Å². The van der Waals surface area contributed by atoms with E-state index in [1.807, 2.05) is 0 Å². The van der Waals surface area contributed by atoms with Crippen LogP contribution in [0.2, 0.25) is 0 Å². The van der Waals surface area contributed by atoms with Crippen molar-refractivity contribution in [2.75, 3.05) is 24.6 Å². The van der Waals surface area contributed by atoms with Gasteiger partial charge in [-0.1, -0.05) is 0 Å². The van der Waals surface area contributed by atoms with Crippen LogP contribution >= 0.6 is 7.26 Å². The molecule has 0 nitrogen and oxygen atoms in total. The van der Waals surface area contributed by atoms with Crippen molar-refractivity contribution in [2.45, 2.75) is 118 Å². The van der Waals surface area contributed by atoms with Gasteiger partial charge in [0.05, 0.1) is 0 Å². The Hall–Kier alpha value is 0.430. The molecule has 0 unspecified atom stereocenters. The Morgan fingerprint density at radius 2 is 0.739 bits per heavy atom. The van der Waals surface area contributed by atoms with Crippen LogP contribution in [-0.4, -0.2) is 24.6 Å². The van der Waals surface area contributed by atoms with Crippen molar-refractivity contribution in [1.29, 1.82) is 0 Å². The first-order valence-electron chi connectivity index (χ1n) is 11.2. The summed E-state index contributed by atoms with van der Waals surface area (Å²) in [6.45, 7) is 9.47. The fraction of sp³-hybridized carbons (Fsp3) is 1.00. The summed E-state index contributed by atoms with van der Waals surface area (Å²) >= 11 is 0. The average Bonchev–Trinajstić information content (AvgIpc) is 2.56. The molecule has 0 bridgehead atoms. The van der Waals surface area contributed by atoms with Crippen LogP contribution < -0.4 is 0 Å². The number of rotatable bonds is 18. The van der Waals surface area contributed by atoms with Gasteiger partial charge in [-0.15, -0.1) is 0 Å². The first kappa shape index (κ1) is 23.4. The van der Waals surface area contributed by atoms with E-state index in [0.29, 0.717) is 0 Å². The van der Waals surface area contributed by atoms with Gasteiger partial charge in [-0.25, -0.2) is 0 Å². The molecule has 0 aromatic carbocycles. The van der Waals surface area contributed by atoms with Crippen LogP contribution in [0.3, 0.4) is 0 Å². The predicted molar refractivity (Wildman–Crippen MR) is 115 cm³/mol. The standard InChI is InChI=1S/C22H49P/c1-5-9-12-14-16-18-22-23(19-8-4,20-11-7-3)21-17-15-13-10-6-2/h23H,5-22H2,1-4H3. The second-order valence-corrected chi connectivity index (χ2v) is 13.0. The van der Waals surface area contributed by atoms with E-state index in [-0.39, 0.29) is 0 Å². The summed E-state index contributed by atoms with van der Waals surface area (Å²) in [5, 5.41) is 0. The van der Waals surface area contributed by atoms with E-state index < -0.39 is 7.26 Å². The minimum absolute atomic E-state index is 0.945. The minimum atomic E-state index is -0.945. The third kappa shape index (κ3) is 13.4. The summed E-state index contributed by atoms with van der Waals surface area (Å²) in [6, 6.07) is 0. The Bertz CT molecular complexity index is 226. The van der Waals surface area contributed by atoms with Crippen LogP contribution in [0.25, 0.3) is 0 Å². The summed E-state index contributed by atoms with van der Waals surface area (Å²) in [6.07, 6.45) is 27.2. The number of hydrogen-bond donors (Lipinski definition) is 0. The van der Waals surface area contributed by atoms with E-state index in [0.717, 1.165) is 0 Å². The van der Waals surface area contributed by atoms with Crippen molar-refractivity contribution in [3.8, 4) is 0 Å². The van der Waals surface area contributed by atoms with Gasteiger partial charge in [0.2, 0.25) is 0 Å². The molecule has 0 radical (unpaired) electrons. The average molecular weight is 345 g/mol. The predicted octanol–water partition coefficient (Wildman–Crippen LogP) is 8.28. The summed E-state index contributed by atoms with van der Waals surface area (Å²) in [5.41, 5.74) is 0. The van der Waals surface area contributed by atoms with Gasteiger partial charge in [0, 0.05) is 0 Å². The monoisotopic (exact) mass is 344 g/mol. The Kier molecular flexibility index (Phi) is 17.6. The summed E-state index contributed by atoms with van der Waals surface area (Å²) in [7, 11) is -0.945. The normalized spacial score (nSPS) is 12.7. The van der Waals surface area contributed by atoms with Gasteiger partial charge in [0.15, 0.2) is 0 Å². The first-order valence-corrected chi connectivity index (χ1v) is 14.1. The molecule has 1 heteroatoms. The Balaban J connectivity index is 4.25. The van der Waals surface area contributed by atoms with Gasteiger partial charge >= 0.3 is 149 Å². The number of hydrogen-bond acceptors (Lipinski definition) is 0. The van der Waals surface area contributed by atoms with Gasteiger partial charge in [0.25, 0.3) is 0 Å². The second-order valence-electron chi connectivity index (χ2n) is 8.04. The molecule has 0 aromatic rings. The molecule has 0 aliphatic rings. The zero-order valence-corrected chi connectivity index (χ0v) is 18.2. The third-order valence-electron chi connectivity index (χ3n) is 5.71. The van der Waals surface area contributed by atoms with Gasteiger partial charge in [-0.05, 0) is 0 Å². The van der Waals surface area contributed by atoms with E-state index in [9.17, 15) is 0 Å². The first-order chi connectivity index (χ1) is 11.2. The molecular formula is C22H49P. The molecule has 0 aliphatic heterocycles. The van der Waals surface area contributed by atoms with E-state index in [4.69, 9.17) is 0 Å². The van der Waals surface area contributed by atoms with E-state index in [1.54, 1.807) is 37.5 Å². The van der Waals surface area contributed by atoms with Crippen molar-refractivity contribution in [3.63, 3.8) is 0 Å². The molecule has 0 amide bonds. The molecule has 0 rings (SSSR count). The van der Waals surface area contributed by atoms with Crippen LogP contribution in [0.1, 0.15) is 118 Å². The van der Waals surface area contributed by atoms with Crippen LogP contribution in [0.15, 0.2) is 0 Å². The molecule has 0 heterocycles. The quantitative estimate of drug-likeness (QED) is 0.173. The Morgan fingerprint density at radius 1 is 0.348 bits per heavy atom. The Morgan fingerprint density at radius 3 is 1.17 bits per heavy atom. The van der Waals surface area contributed by atoms with Crippen LogP contribution in [0.4, 0.5) is 0 Å². The van der Waals surface area contributed by atoms with Crippen molar-refractivity contribution < 1.29 is 0 Å². The molecule has 0 N–H and O–H groups in total. The van der Waals surface area contributed by atoms with Gasteiger partial charge < -0.3 is 0 Å². The summed E-state index contributed by atoms with van der Waals surface area (Å²) < 4.78 is 0. The van der Waals surface area contributed by atoms with E-state index in [2.05, 4.69) is 27.7 Å². The maximum atomic E-state index is 2.44. The molecule has 0 saturated carbocycles. The van der Waals surface area contributed by atoms with Gasteiger partial charge in [-0.2, -0.15) is 0 Å². The molecule has 0 fully saturated rings. The van der Waals surface area contributed by atoms with Crippen molar-refractivity contribution in [1.82, 2.24) is 0 Å². The van der Waals surface area contributed by atoms with Crippen LogP contribution in [0.5, 0.6) is 0 Å². The molecule has 0 atom stereocenters. The zero-order chi connectivity index (χ0) is 17.2. The molecule has 0 aliphatic carbocycles. The van der Waals surface area contributed by atoms with Crippen molar-refractivity contribution in [2.24, 2.45) is 0 Å². The van der Waals surface area contributed by atoms with Crippen molar-refractivity contribution >= 4 is 7.26 Å². The van der Waals surface area contributed by atoms with Gasteiger partial charge in [-0.3, -0.25) is 0 Å². The molecule has 142 valence electrons. The van der Waals surface area contributed by atoms with E-state index >= 15 is 0 Å². The zero-order valence-electron chi connectivity index (χ0n) is 17.2. The SMILES string of the molecule is CCCCCCCC[PH](CCC)(CCCC)CCCCCCC. The summed E-state index contributed by atoms with van der Waals surface area (Å²) in [5.74, 6) is 0. The van der Waals surface area contributed by atoms with E-state index in [1.165, 1.54) is 77.0 Å². The topological polar surface area (TPSA) is 0 Å². The molecular weight excluding hydrogens is 295 g/mol. The van der Waals surface area contributed by atoms with Crippen molar-refractivity contribution in [3.05, 3.63) is 0 Å². The fourth-order valence-electron chi connectivity index (χ4n) is 4.22.